The van der Waals surface area contributed by atoms with Crippen LogP contribution in [0.1, 0.15) is 32.9 Å². The van der Waals surface area contributed by atoms with E-state index in [2.05, 4.69) is 33.2 Å². The van der Waals surface area contributed by atoms with Gasteiger partial charge in [0.05, 0.1) is 25.1 Å². The summed E-state index contributed by atoms with van der Waals surface area (Å²) in [6.07, 6.45) is 4.00. The summed E-state index contributed by atoms with van der Waals surface area (Å²) in [5.41, 5.74) is 7.09. The van der Waals surface area contributed by atoms with E-state index in [9.17, 15) is 4.79 Å². The number of nitrogen functional groups attached to an aromatic ring is 1. The molecule has 3 heterocycles. The molecule has 206 valence electrons. The predicted molar refractivity (Wildman–Crippen MR) is 151 cm³/mol. The van der Waals surface area contributed by atoms with E-state index in [0.717, 1.165) is 23.6 Å². The van der Waals surface area contributed by atoms with Crippen LogP contribution in [-0.4, -0.2) is 50.8 Å². The Morgan fingerprint density at radius 2 is 1.97 bits per heavy atom. The number of benzene rings is 2. The van der Waals surface area contributed by atoms with E-state index >= 15 is 0 Å². The summed E-state index contributed by atoms with van der Waals surface area (Å²) in [5.74, 6) is 0.624. The Kier molecular flexibility index (Phi) is 9.78. The van der Waals surface area contributed by atoms with Gasteiger partial charge in [-0.3, -0.25) is 9.36 Å². The Labute approximate surface area is 228 Å². The van der Waals surface area contributed by atoms with Crippen molar-refractivity contribution in [1.29, 1.82) is 0 Å². The number of imidazole rings is 1. The van der Waals surface area contributed by atoms with Crippen LogP contribution in [0.3, 0.4) is 0 Å². The molecule has 3 N–H and O–H groups in total. The lowest BCUT2D eigenvalue weighted by molar-refractivity contribution is -0.145. The summed E-state index contributed by atoms with van der Waals surface area (Å²) in [6, 6.07) is 13.8. The summed E-state index contributed by atoms with van der Waals surface area (Å²) in [6.45, 7) is 9.86. The lowest BCUT2D eigenvalue weighted by Gasteiger charge is -2.21. The molecule has 39 heavy (non-hydrogen) atoms. The van der Waals surface area contributed by atoms with Crippen molar-refractivity contribution in [3.05, 3.63) is 68.3 Å². The van der Waals surface area contributed by atoms with Crippen LogP contribution < -0.4 is 15.3 Å². The lowest BCUT2D eigenvalue weighted by atomic mass is 10.1. The molecule has 1 saturated heterocycles. The third kappa shape index (κ3) is 7.07. The maximum absolute atomic E-state index is 12.2. The molecule has 0 amide bonds. The molecule has 1 aliphatic rings. The van der Waals surface area contributed by atoms with Gasteiger partial charge in [-0.25, -0.2) is 20.0 Å². The number of ether oxygens (including phenoxy) is 2. The Hall–Kier alpha value is -3.63. The molecule has 3 atom stereocenters. The van der Waals surface area contributed by atoms with E-state index < -0.39 is 8.53 Å². The van der Waals surface area contributed by atoms with Crippen molar-refractivity contribution in [3.8, 4) is 5.75 Å². The van der Waals surface area contributed by atoms with Gasteiger partial charge in [0.15, 0.2) is 11.5 Å². The molecule has 4 aromatic rings. The van der Waals surface area contributed by atoms with Crippen molar-refractivity contribution in [2.24, 2.45) is 0 Å². The topological polar surface area (TPSA) is 136 Å². The number of carbonyl (C=O) groups is 1. The second kappa shape index (κ2) is 13.4. The number of fused-ring (bicyclic) bond motifs is 2. The van der Waals surface area contributed by atoms with Gasteiger partial charge in [0.1, 0.15) is 30.4 Å². The number of esters is 1. The predicted octanol–water partition coefficient (Wildman–Crippen LogP) is 4.91. The smallest absolute Gasteiger partial charge is 0.320 e. The molecule has 0 radical (unpaired) electrons. The number of nitrogens with one attached hydrogen (secondary N) is 1. The molecule has 0 saturated carbocycles. The number of nitrogens with zero attached hydrogens (tertiary/aromatic N) is 4. The molecule has 11 nitrogen and oxygen atoms in total. The highest BCUT2D eigenvalue weighted by molar-refractivity contribution is 7.45. The first kappa shape index (κ1) is 28.4. The van der Waals surface area contributed by atoms with E-state index in [-0.39, 0.29) is 37.6 Å². The fourth-order valence-corrected chi connectivity index (χ4v) is 5.25. The first-order valence-corrected chi connectivity index (χ1v) is 13.8. The highest BCUT2D eigenvalue weighted by atomic mass is 31.2. The van der Waals surface area contributed by atoms with E-state index in [1.165, 1.54) is 6.33 Å². The SMILES string of the molecule is C=C.CC(C)OC(=O)CNP(OCC1CCC(n2cnc3c(N)ncnc32)O1)Oc1cccc2ccccc12. The van der Waals surface area contributed by atoms with Crippen molar-refractivity contribution in [1.82, 2.24) is 24.6 Å². The zero-order valence-electron chi connectivity index (χ0n) is 22.0. The van der Waals surface area contributed by atoms with Gasteiger partial charge in [0.25, 0.3) is 0 Å². The zero-order valence-corrected chi connectivity index (χ0v) is 22.9. The fraction of sp³-hybridized carbons (Fsp3) is 0.333. The average molecular weight is 553 g/mol. The molecule has 3 unspecified atom stereocenters. The summed E-state index contributed by atoms with van der Waals surface area (Å²) >= 11 is 0. The zero-order chi connectivity index (χ0) is 27.8. The third-order valence-electron chi connectivity index (χ3n) is 5.81. The highest BCUT2D eigenvalue weighted by Gasteiger charge is 2.30. The average Bonchev–Trinajstić information content (AvgIpc) is 3.59. The van der Waals surface area contributed by atoms with Gasteiger partial charge in [-0.15, -0.1) is 13.2 Å². The fourth-order valence-electron chi connectivity index (χ4n) is 4.15. The van der Waals surface area contributed by atoms with Gasteiger partial charge < -0.3 is 24.3 Å². The molecular formula is C27H33N6O5P. The van der Waals surface area contributed by atoms with Crippen LogP contribution >= 0.6 is 8.53 Å². The van der Waals surface area contributed by atoms with Gasteiger partial charge in [-0.2, -0.15) is 0 Å². The number of rotatable bonds is 10. The summed E-state index contributed by atoms with van der Waals surface area (Å²) in [5, 5.41) is 5.08. The minimum absolute atomic E-state index is 0.0368. The largest absolute Gasteiger partial charge is 0.462 e. The summed E-state index contributed by atoms with van der Waals surface area (Å²) in [7, 11) is -1.66. The molecule has 0 aliphatic carbocycles. The molecule has 2 aromatic carbocycles. The molecule has 2 aromatic heterocycles. The quantitative estimate of drug-likeness (QED) is 0.159. The van der Waals surface area contributed by atoms with Gasteiger partial charge in [0, 0.05) is 5.39 Å². The third-order valence-corrected chi connectivity index (χ3v) is 6.97. The van der Waals surface area contributed by atoms with E-state index in [1.54, 1.807) is 6.33 Å². The normalized spacial score (nSPS) is 17.6. The van der Waals surface area contributed by atoms with Crippen molar-refractivity contribution in [2.75, 3.05) is 18.9 Å². The van der Waals surface area contributed by atoms with E-state index in [0.29, 0.717) is 22.7 Å². The second-order valence-corrected chi connectivity index (χ2v) is 10.1. The van der Waals surface area contributed by atoms with Crippen molar-refractivity contribution in [3.63, 3.8) is 0 Å². The summed E-state index contributed by atoms with van der Waals surface area (Å²) in [4.78, 5) is 24.8. The van der Waals surface area contributed by atoms with E-state index in [1.807, 2.05) is 60.9 Å². The van der Waals surface area contributed by atoms with Crippen molar-refractivity contribution < 1.29 is 23.3 Å². The molecule has 1 aliphatic heterocycles. The Balaban J connectivity index is 0.00000172. The summed E-state index contributed by atoms with van der Waals surface area (Å²) < 4.78 is 25.7. The second-order valence-electron chi connectivity index (χ2n) is 8.87. The molecule has 0 bridgehead atoms. The van der Waals surface area contributed by atoms with Crippen LogP contribution in [0.2, 0.25) is 0 Å². The minimum Gasteiger partial charge on any atom is -0.462 e. The number of aromatic nitrogens is 4. The molecular weight excluding hydrogens is 519 g/mol. The van der Waals surface area contributed by atoms with Crippen molar-refractivity contribution >= 4 is 42.2 Å². The van der Waals surface area contributed by atoms with Crippen LogP contribution in [0, 0.1) is 0 Å². The Morgan fingerprint density at radius 1 is 1.18 bits per heavy atom. The van der Waals surface area contributed by atoms with Gasteiger partial charge in [-0.1, -0.05) is 36.4 Å². The Morgan fingerprint density at radius 3 is 2.79 bits per heavy atom. The van der Waals surface area contributed by atoms with Crippen LogP contribution in [0.15, 0.2) is 68.3 Å². The van der Waals surface area contributed by atoms with Crippen LogP contribution in [0.4, 0.5) is 5.82 Å². The number of nitrogens with two attached hydrogens (primary N) is 1. The number of carbonyl (C=O) groups excluding carboxylic acids is 1. The molecule has 12 heteroatoms. The first-order chi connectivity index (χ1) is 19.0. The molecule has 1 fully saturated rings. The van der Waals surface area contributed by atoms with Gasteiger partial charge in [-0.05, 0) is 38.1 Å². The monoisotopic (exact) mass is 552 g/mol. The number of anilines is 1. The van der Waals surface area contributed by atoms with Crippen LogP contribution in [-0.2, 0) is 18.8 Å². The minimum atomic E-state index is -1.66. The number of hydrogen-bond donors (Lipinski definition) is 2. The maximum atomic E-state index is 12.2. The maximum Gasteiger partial charge on any atom is 0.320 e. The van der Waals surface area contributed by atoms with Crippen molar-refractivity contribution in [2.45, 2.75) is 45.1 Å². The standard InChI is InChI=1S/C25H29N6O5P.C2H4/c1-16(2)34-22(32)12-30-37(36-20-9-5-7-17-6-3-4-8-19(17)20)33-13-18-10-11-21(35-18)31-15-29-23-24(26)27-14-28-25(23)31;1-2/h3-9,14-16,18,21,30H,10-13H2,1-2H3,(H2,26,27,28);1-2H2. The Bertz CT molecular complexity index is 1390. The lowest BCUT2D eigenvalue weighted by Crippen LogP contribution is -2.26. The molecule has 0 spiro atoms. The van der Waals surface area contributed by atoms with Gasteiger partial charge in [0.2, 0.25) is 0 Å². The van der Waals surface area contributed by atoms with Crippen LogP contribution in [0.25, 0.3) is 21.9 Å². The highest BCUT2D eigenvalue weighted by Crippen LogP contribution is 2.40. The van der Waals surface area contributed by atoms with Gasteiger partial charge >= 0.3 is 14.5 Å². The number of hydrogen-bond acceptors (Lipinski definition) is 10. The van der Waals surface area contributed by atoms with Crippen LogP contribution in [0.5, 0.6) is 5.75 Å². The molecule has 5 rings (SSSR count). The van der Waals surface area contributed by atoms with E-state index in [4.69, 9.17) is 24.3 Å². The first-order valence-electron chi connectivity index (χ1n) is 12.6.